The van der Waals surface area contributed by atoms with Gasteiger partial charge in [0.05, 0.1) is 12.7 Å². The lowest BCUT2D eigenvalue weighted by atomic mass is 10.1. The molecule has 0 radical (unpaired) electrons. The zero-order chi connectivity index (χ0) is 15.4. The lowest BCUT2D eigenvalue weighted by Gasteiger charge is -2.14. The molecule has 0 amide bonds. The van der Waals surface area contributed by atoms with E-state index in [1.54, 1.807) is 6.07 Å². The van der Waals surface area contributed by atoms with Gasteiger partial charge >= 0.3 is 5.97 Å². The first-order chi connectivity index (χ1) is 10.1. The van der Waals surface area contributed by atoms with E-state index in [1.165, 1.54) is 12.7 Å². The second-order valence-electron chi connectivity index (χ2n) is 4.88. The molecule has 0 saturated carbocycles. The maximum atomic E-state index is 11.8. The monoisotopic (exact) mass is 284 g/mol. The Labute approximate surface area is 124 Å². The molecule has 0 spiro atoms. The molecule has 2 rings (SSSR count). The number of anilines is 3. The molecule has 0 unspecified atom stereocenters. The normalized spacial score (nSPS) is 10.2. The molecule has 0 aromatic heterocycles. The Morgan fingerprint density at radius 2 is 2.00 bits per heavy atom. The van der Waals surface area contributed by atoms with Crippen molar-refractivity contribution >= 4 is 23.0 Å². The summed E-state index contributed by atoms with van der Waals surface area (Å²) >= 11 is 0. The zero-order valence-electron chi connectivity index (χ0n) is 12.6. The molecule has 21 heavy (non-hydrogen) atoms. The van der Waals surface area contributed by atoms with Crippen LogP contribution in [-0.2, 0) is 11.2 Å². The van der Waals surface area contributed by atoms with Gasteiger partial charge in [-0.1, -0.05) is 25.1 Å². The minimum absolute atomic E-state index is 0.383. The van der Waals surface area contributed by atoms with E-state index >= 15 is 0 Å². The predicted molar refractivity (Wildman–Crippen MR) is 86.0 cm³/mol. The first-order valence-electron chi connectivity index (χ1n) is 6.90. The van der Waals surface area contributed by atoms with Crippen LogP contribution in [0.15, 0.2) is 36.4 Å². The van der Waals surface area contributed by atoms with Crippen LogP contribution in [-0.4, -0.2) is 13.1 Å². The number of para-hydroxylation sites is 1. The molecular formula is C17H20N2O2. The van der Waals surface area contributed by atoms with Crippen LogP contribution in [0, 0.1) is 6.92 Å². The van der Waals surface area contributed by atoms with Crippen LogP contribution in [0.2, 0.25) is 0 Å². The minimum Gasteiger partial charge on any atom is -0.465 e. The van der Waals surface area contributed by atoms with Crippen LogP contribution < -0.4 is 11.1 Å². The average molecular weight is 284 g/mol. The summed E-state index contributed by atoms with van der Waals surface area (Å²) in [5, 5.41) is 3.35. The number of nitrogen functional groups attached to an aromatic ring is 1. The van der Waals surface area contributed by atoms with Crippen molar-refractivity contribution < 1.29 is 9.53 Å². The van der Waals surface area contributed by atoms with Gasteiger partial charge in [0.25, 0.3) is 0 Å². The Bertz CT molecular complexity index is 666. The van der Waals surface area contributed by atoms with Gasteiger partial charge in [-0.15, -0.1) is 0 Å². The number of methoxy groups -OCH3 is 1. The third kappa shape index (κ3) is 3.16. The third-order valence-electron chi connectivity index (χ3n) is 3.47. The number of carbonyl (C=O) groups is 1. The van der Waals surface area contributed by atoms with Gasteiger partial charge in [0.1, 0.15) is 0 Å². The van der Waals surface area contributed by atoms with E-state index in [4.69, 9.17) is 10.5 Å². The zero-order valence-corrected chi connectivity index (χ0v) is 12.6. The van der Waals surface area contributed by atoms with Crippen molar-refractivity contribution in [2.24, 2.45) is 0 Å². The third-order valence-corrected chi connectivity index (χ3v) is 3.47. The fraction of sp³-hybridized carbons (Fsp3) is 0.235. The van der Waals surface area contributed by atoms with Gasteiger partial charge in [-0.25, -0.2) is 4.79 Å². The van der Waals surface area contributed by atoms with Gasteiger partial charge in [0, 0.05) is 17.1 Å². The van der Waals surface area contributed by atoms with Crippen LogP contribution in [0.25, 0.3) is 0 Å². The first-order valence-corrected chi connectivity index (χ1v) is 6.90. The smallest absolute Gasteiger partial charge is 0.340 e. The fourth-order valence-electron chi connectivity index (χ4n) is 2.26. The van der Waals surface area contributed by atoms with Gasteiger partial charge in [0.15, 0.2) is 0 Å². The number of nitrogens with two attached hydrogens (primary N) is 1. The predicted octanol–water partition coefficient (Wildman–Crippen LogP) is 3.67. The standard InChI is InChI=1S/C17H20N2O2/c1-4-12-7-5-6-8-15(12)19-13-9-11(2)16(18)14(10-13)17(20)21-3/h5-10,19H,4,18H2,1-3H3. The summed E-state index contributed by atoms with van der Waals surface area (Å²) < 4.78 is 4.78. The summed E-state index contributed by atoms with van der Waals surface area (Å²) in [4.78, 5) is 11.8. The Kier molecular flexibility index (Phi) is 4.48. The molecule has 2 aromatic carbocycles. The van der Waals surface area contributed by atoms with Crippen molar-refractivity contribution in [2.45, 2.75) is 20.3 Å². The SMILES string of the molecule is CCc1ccccc1Nc1cc(C)c(N)c(C(=O)OC)c1. The van der Waals surface area contributed by atoms with E-state index in [9.17, 15) is 4.79 Å². The molecule has 4 nitrogen and oxygen atoms in total. The van der Waals surface area contributed by atoms with Crippen LogP contribution in [0.4, 0.5) is 17.1 Å². The Balaban J connectivity index is 2.41. The summed E-state index contributed by atoms with van der Waals surface area (Å²) in [5.74, 6) is -0.428. The summed E-state index contributed by atoms with van der Waals surface area (Å²) in [7, 11) is 1.35. The molecule has 0 aliphatic rings. The number of esters is 1. The summed E-state index contributed by atoms with van der Waals surface area (Å²) in [5.41, 5.74) is 10.7. The number of ether oxygens (including phenoxy) is 1. The fourth-order valence-corrected chi connectivity index (χ4v) is 2.26. The van der Waals surface area contributed by atoms with E-state index in [2.05, 4.69) is 18.3 Å². The van der Waals surface area contributed by atoms with Crippen LogP contribution in [0.3, 0.4) is 0 Å². The van der Waals surface area contributed by atoms with Gasteiger partial charge in [-0.2, -0.15) is 0 Å². The number of carbonyl (C=O) groups excluding carboxylic acids is 1. The molecule has 0 saturated heterocycles. The second kappa shape index (κ2) is 6.31. The summed E-state index contributed by atoms with van der Waals surface area (Å²) in [6, 6.07) is 11.7. The molecule has 3 N–H and O–H groups in total. The highest BCUT2D eigenvalue weighted by Gasteiger charge is 2.13. The quantitative estimate of drug-likeness (QED) is 0.664. The highest BCUT2D eigenvalue weighted by molar-refractivity contribution is 5.97. The van der Waals surface area contributed by atoms with Crippen LogP contribution in [0.1, 0.15) is 28.4 Å². The Morgan fingerprint density at radius 1 is 1.29 bits per heavy atom. The molecule has 0 aliphatic heterocycles. The van der Waals surface area contributed by atoms with Gasteiger partial charge < -0.3 is 15.8 Å². The van der Waals surface area contributed by atoms with Crippen molar-refractivity contribution in [3.8, 4) is 0 Å². The number of hydrogen-bond acceptors (Lipinski definition) is 4. The number of aryl methyl sites for hydroxylation is 2. The number of benzene rings is 2. The van der Waals surface area contributed by atoms with Gasteiger partial charge in [-0.3, -0.25) is 0 Å². The molecule has 4 heteroatoms. The Hall–Kier alpha value is -2.49. The summed E-state index contributed by atoms with van der Waals surface area (Å²) in [6.45, 7) is 3.98. The highest BCUT2D eigenvalue weighted by Crippen LogP contribution is 2.27. The molecule has 2 aromatic rings. The van der Waals surface area contributed by atoms with Crippen molar-refractivity contribution in [2.75, 3.05) is 18.2 Å². The lowest BCUT2D eigenvalue weighted by molar-refractivity contribution is 0.0602. The van der Waals surface area contributed by atoms with Crippen molar-refractivity contribution in [3.63, 3.8) is 0 Å². The average Bonchev–Trinajstić information content (AvgIpc) is 2.50. The topological polar surface area (TPSA) is 64.3 Å². The Morgan fingerprint density at radius 3 is 2.67 bits per heavy atom. The van der Waals surface area contributed by atoms with Gasteiger partial charge in [0.2, 0.25) is 0 Å². The largest absolute Gasteiger partial charge is 0.465 e. The first kappa shape index (κ1) is 14.9. The minimum atomic E-state index is -0.428. The maximum Gasteiger partial charge on any atom is 0.340 e. The van der Waals surface area contributed by atoms with E-state index < -0.39 is 5.97 Å². The highest BCUT2D eigenvalue weighted by atomic mass is 16.5. The van der Waals surface area contributed by atoms with E-state index in [0.717, 1.165) is 23.4 Å². The molecule has 0 fully saturated rings. The molecule has 0 heterocycles. The molecule has 110 valence electrons. The van der Waals surface area contributed by atoms with Crippen LogP contribution in [0.5, 0.6) is 0 Å². The van der Waals surface area contributed by atoms with E-state index in [0.29, 0.717) is 11.3 Å². The van der Waals surface area contributed by atoms with Crippen molar-refractivity contribution in [1.29, 1.82) is 0 Å². The maximum absolute atomic E-state index is 11.8. The molecular weight excluding hydrogens is 264 g/mol. The van der Waals surface area contributed by atoms with Crippen molar-refractivity contribution in [3.05, 3.63) is 53.1 Å². The number of hydrogen-bond donors (Lipinski definition) is 2. The van der Waals surface area contributed by atoms with Crippen molar-refractivity contribution in [1.82, 2.24) is 0 Å². The van der Waals surface area contributed by atoms with E-state index in [1.807, 2.05) is 31.2 Å². The van der Waals surface area contributed by atoms with E-state index in [-0.39, 0.29) is 0 Å². The second-order valence-corrected chi connectivity index (χ2v) is 4.88. The molecule has 0 aliphatic carbocycles. The molecule has 0 atom stereocenters. The molecule has 0 bridgehead atoms. The van der Waals surface area contributed by atoms with Gasteiger partial charge in [-0.05, 0) is 42.7 Å². The summed E-state index contributed by atoms with van der Waals surface area (Å²) in [6.07, 6.45) is 0.932. The van der Waals surface area contributed by atoms with Crippen LogP contribution >= 0.6 is 0 Å². The number of nitrogens with one attached hydrogen (secondary N) is 1. The lowest BCUT2D eigenvalue weighted by Crippen LogP contribution is -2.08. The number of rotatable bonds is 4.